The molecule has 0 bridgehead atoms. The largest absolute Gasteiger partial charge is 0.456 e. The van der Waals surface area contributed by atoms with E-state index in [9.17, 15) is 10.5 Å². The number of nitriles is 2. The van der Waals surface area contributed by atoms with Gasteiger partial charge in [-0.05, 0) is 85.1 Å². The average Bonchev–Trinajstić information content (AvgIpc) is 3.80. The Morgan fingerprint density at radius 1 is 0.531 bits per heavy atom. The quantitative estimate of drug-likeness (QED) is 0.196. The highest BCUT2D eigenvalue weighted by atomic mass is 16.3. The van der Waals surface area contributed by atoms with Crippen LogP contribution < -0.4 is 0 Å². The predicted molar refractivity (Wildman–Crippen MR) is 197 cm³/mol. The van der Waals surface area contributed by atoms with Gasteiger partial charge in [-0.2, -0.15) is 10.5 Å². The first-order valence-corrected chi connectivity index (χ1v) is 16.4. The van der Waals surface area contributed by atoms with E-state index in [4.69, 9.17) is 4.42 Å². The number of benzene rings is 6. The zero-order valence-electron chi connectivity index (χ0n) is 26.3. The first-order chi connectivity index (χ1) is 24.2. The number of fused-ring (bicyclic) bond motifs is 9. The smallest absolute Gasteiger partial charge is 0.137 e. The zero-order chi connectivity index (χ0) is 32.6. The second kappa shape index (κ2) is 10.3. The Hall–Kier alpha value is -6.82. The number of hydrogen-bond acceptors (Lipinski definition) is 3. The molecule has 228 valence electrons. The Labute approximate surface area is 281 Å². The van der Waals surface area contributed by atoms with Crippen LogP contribution in [-0.2, 0) is 6.42 Å². The van der Waals surface area contributed by atoms with Gasteiger partial charge in [0.1, 0.15) is 11.2 Å². The monoisotopic (exact) mass is 626 g/mol. The van der Waals surface area contributed by atoms with Gasteiger partial charge in [-0.25, -0.2) is 0 Å². The third kappa shape index (κ3) is 3.91. The molecule has 0 saturated heterocycles. The van der Waals surface area contributed by atoms with Crippen LogP contribution in [0.1, 0.15) is 28.8 Å². The fraction of sp³-hybridized carbons (Fsp3) is 0.0455. The summed E-state index contributed by atoms with van der Waals surface area (Å²) in [6.07, 6.45) is 6.36. The summed E-state index contributed by atoms with van der Waals surface area (Å²) in [5.41, 5.74) is 12.0. The van der Waals surface area contributed by atoms with E-state index >= 15 is 0 Å². The van der Waals surface area contributed by atoms with Gasteiger partial charge in [0, 0.05) is 49.8 Å². The summed E-state index contributed by atoms with van der Waals surface area (Å²) in [4.78, 5) is 0. The Morgan fingerprint density at radius 3 is 1.82 bits per heavy atom. The molecule has 1 aliphatic rings. The van der Waals surface area contributed by atoms with Crippen LogP contribution in [0.3, 0.4) is 0 Å². The van der Waals surface area contributed by atoms with Crippen molar-refractivity contribution in [3.8, 4) is 34.6 Å². The van der Waals surface area contributed by atoms with E-state index in [1.165, 1.54) is 10.9 Å². The van der Waals surface area contributed by atoms with E-state index in [1.54, 1.807) is 0 Å². The second-order valence-electron chi connectivity index (χ2n) is 12.7. The molecule has 10 rings (SSSR count). The molecule has 9 aromatic rings. The Bertz CT molecular complexity index is 2920. The van der Waals surface area contributed by atoms with Crippen molar-refractivity contribution in [3.05, 3.63) is 150 Å². The number of para-hydroxylation sites is 3. The second-order valence-corrected chi connectivity index (χ2v) is 12.7. The first-order valence-electron chi connectivity index (χ1n) is 16.4. The first kappa shape index (κ1) is 27.3. The van der Waals surface area contributed by atoms with Crippen molar-refractivity contribution in [2.75, 3.05) is 0 Å². The zero-order valence-corrected chi connectivity index (χ0v) is 26.3. The van der Waals surface area contributed by atoms with Crippen molar-refractivity contribution in [1.82, 2.24) is 9.13 Å². The number of aromatic nitrogens is 2. The van der Waals surface area contributed by atoms with Crippen molar-refractivity contribution in [3.63, 3.8) is 0 Å². The Kier molecular flexibility index (Phi) is 5.76. The van der Waals surface area contributed by atoms with Gasteiger partial charge >= 0.3 is 0 Å². The lowest BCUT2D eigenvalue weighted by Gasteiger charge is -2.20. The summed E-state index contributed by atoms with van der Waals surface area (Å²) in [7, 11) is 0. The van der Waals surface area contributed by atoms with Crippen molar-refractivity contribution >= 4 is 60.7 Å². The molecule has 0 aliphatic heterocycles. The molecule has 0 radical (unpaired) electrons. The van der Waals surface area contributed by atoms with Gasteiger partial charge in [0.15, 0.2) is 0 Å². The van der Waals surface area contributed by atoms with Gasteiger partial charge in [-0.1, -0.05) is 60.7 Å². The number of hydrogen-bond donors (Lipinski definition) is 0. The summed E-state index contributed by atoms with van der Waals surface area (Å²) in [5, 5.41) is 26.1. The molecule has 1 aliphatic carbocycles. The third-order valence-corrected chi connectivity index (χ3v) is 10.1. The van der Waals surface area contributed by atoms with Crippen LogP contribution in [0.25, 0.3) is 83.2 Å². The van der Waals surface area contributed by atoms with Crippen LogP contribution >= 0.6 is 0 Å². The third-order valence-electron chi connectivity index (χ3n) is 10.1. The van der Waals surface area contributed by atoms with Gasteiger partial charge in [-0.3, -0.25) is 0 Å². The molecule has 0 unspecified atom stereocenters. The number of allylic oxidation sites excluding steroid dienone is 1. The van der Waals surface area contributed by atoms with Gasteiger partial charge in [0.05, 0.1) is 51.2 Å². The molecule has 49 heavy (non-hydrogen) atoms. The molecule has 0 spiro atoms. The number of rotatable bonds is 3. The summed E-state index contributed by atoms with van der Waals surface area (Å²) in [5.74, 6) is 0. The maximum Gasteiger partial charge on any atom is 0.137 e. The lowest BCUT2D eigenvalue weighted by Crippen LogP contribution is -2.05. The van der Waals surface area contributed by atoms with Crippen LogP contribution in [0.15, 0.2) is 132 Å². The summed E-state index contributed by atoms with van der Waals surface area (Å²) in [6, 6.07) is 46.0. The van der Waals surface area contributed by atoms with E-state index < -0.39 is 0 Å². The highest BCUT2D eigenvalue weighted by Gasteiger charge is 2.24. The summed E-state index contributed by atoms with van der Waals surface area (Å²) < 4.78 is 11.0. The van der Waals surface area contributed by atoms with E-state index in [2.05, 4.69) is 106 Å². The molecular formula is C44H26N4O. The number of nitrogens with zero attached hydrogens (tertiary/aromatic N) is 4. The molecule has 0 N–H and O–H groups in total. The predicted octanol–water partition coefficient (Wildman–Crippen LogP) is 11.0. The average molecular weight is 627 g/mol. The summed E-state index contributed by atoms with van der Waals surface area (Å²) >= 11 is 0. The maximum absolute atomic E-state index is 10.2. The summed E-state index contributed by atoms with van der Waals surface area (Å²) in [6.45, 7) is 0. The minimum absolute atomic E-state index is 0.551. The minimum atomic E-state index is 0.551. The van der Waals surface area contributed by atoms with E-state index in [0.717, 1.165) is 90.3 Å². The molecule has 3 aromatic heterocycles. The van der Waals surface area contributed by atoms with Gasteiger partial charge < -0.3 is 13.6 Å². The molecule has 0 saturated carbocycles. The standard InChI is InChI=1S/C44H26N4O/c45-25-27-17-19-40(47-37-13-5-1-9-29(37)30-10-2-6-14-38(30)47)33(21-27)34-22-28(26-46)18-20-41(34)48-39-15-7-3-11-31(39)35-23-36-32-12-4-8-16-43(32)49-44(36)24-42(35)48/h1-2,4-10,12-24H,3,11H2. The van der Waals surface area contributed by atoms with Crippen molar-refractivity contribution in [2.24, 2.45) is 0 Å². The van der Waals surface area contributed by atoms with Gasteiger partial charge in [0.2, 0.25) is 0 Å². The van der Waals surface area contributed by atoms with Crippen LogP contribution in [0, 0.1) is 22.7 Å². The van der Waals surface area contributed by atoms with E-state index in [0.29, 0.717) is 11.1 Å². The molecule has 5 nitrogen and oxygen atoms in total. The molecule has 0 fully saturated rings. The molecular weight excluding hydrogens is 601 g/mol. The highest BCUT2D eigenvalue weighted by Crippen LogP contribution is 2.43. The Balaban J connectivity index is 1.33. The van der Waals surface area contributed by atoms with Crippen molar-refractivity contribution < 1.29 is 4.42 Å². The molecule has 0 amide bonds. The fourth-order valence-corrected chi connectivity index (χ4v) is 7.92. The lowest BCUT2D eigenvalue weighted by atomic mass is 9.96. The van der Waals surface area contributed by atoms with Crippen LogP contribution in [0.5, 0.6) is 0 Å². The van der Waals surface area contributed by atoms with Gasteiger partial charge in [-0.15, -0.1) is 0 Å². The maximum atomic E-state index is 10.2. The normalized spacial score (nSPS) is 12.6. The molecule has 6 aromatic carbocycles. The SMILES string of the molecule is N#Cc1ccc(-n2c3c(c4cc5c(cc42)oc2ccccc25)CCC=C3)c(-c2cc(C#N)ccc2-n2c3ccccc3c3ccccc32)c1. The van der Waals surface area contributed by atoms with Crippen molar-refractivity contribution in [1.29, 1.82) is 10.5 Å². The van der Waals surface area contributed by atoms with E-state index in [-0.39, 0.29) is 0 Å². The number of aryl methyl sites for hydroxylation is 1. The topological polar surface area (TPSA) is 70.6 Å². The Morgan fingerprint density at radius 2 is 1.14 bits per heavy atom. The fourth-order valence-electron chi connectivity index (χ4n) is 7.92. The van der Waals surface area contributed by atoms with Gasteiger partial charge in [0.25, 0.3) is 0 Å². The minimum Gasteiger partial charge on any atom is -0.456 e. The lowest BCUT2D eigenvalue weighted by molar-refractivity contribution is 0.669. The van der Waals surface area contributed by atoms with E-state index in [1.807, 2.05) is 48.5 Å². The molecule has 5 heteroatoms. The number of furan rings is 1. The van der Waals surface area contributed by atoms with Crippen LogP contribution in [0.4, 0.5) is 0 Å². The van der Waals surface area contributed by atoms with Crippen LogP contribution in [0.2, 0.25) is 0 Å². The highest BCUT2D eigenvalue weighted by molar-refractivity contribution is 6.12. The molecule has 3 heterocycles. The van der Waals surface area contributed by atoms with Crippen molar-refractivity contribution in [2.45, 2.75) is 12.8 Å². The van der Waals surface area contributed by atoms with Crippen LogP contribution in [-0.4, -0.2) is 9.13 Å². The molecule has 0 atom stereocenters.